The quantitative estimate of drug-likeness (QED) is 0.610. The number of piperidine rings is 1. The van der Waals surface area contributed by atoms with E-state index in [1.165, 1.54) is 6.42 Å². The summed E-state index contributed by atoms with van der Waals surface area (Å²) in [5, 5.41) is 0.552. The van der Waals surface area contributed by atoms with E-state index in [0.717, 1.165) is 43.9 Å². The van der Waals surface area contributed by atoms with Crippen LogP contribution in [0.1, 0.15) is 31.2 Å². The SMILES string of the molecule is Cc1ccc(S(=O)(=O)OCC[C@@H]2C[C@H]2C2CCN(c3ncc(Cl)cn3)CC2)cc1. The van der Waals surface area contributed by atoms with Gasteiger partial charge < -0.3 is 4.90 Å². The van der Waals surface area contributed by atoms with Crippen LogP contribution in [0.3, 0.4) is 0 Å². The third kappa shape index (κ3) is 5.08. The van der Waals surface area contributed by atoms with Gasteiger partial charge in [-0.25, -0.2) is 9.97 Å². The van der Waals surface area contributed by atoms with Crippen LogP contribution in [0.25, 0.3) is 0 Å². The van der Waals surface area contributed by atoms with Crippen LogP contribution in [-0.4, -0.2) is 38.1 Å². The summed E-state index contributed by atoms with van der Waals surface area (Å²) in [6.45, 7) is 4.09. The van der Waals surface area contributed by atoms with Gasteiger partial charge in [-0.1, -0.05) is 29.3 Å². The third-order valence-electron chi connectivity index (χ3n) is 6.05. The van der Waals surface area contributed by atoms with Crippen LogP contribution in [0.4, 0.5) is 5.95 Å². The van der Waals surface area contributed by atoms with E-state index in [9.17, 15) is 8.42 Å². The highest BCUT2D eigenvalue weighted by molar-refractivity contribution is 7.86. The van der Waals surface area contributed by atoms with Crippen molar-refractivity contribution in [2.24, 2.45) is 17.8 Å². The van der Waals surface area contributed by atoms with Crippen molar-refractivity contribution in [2.45, 2.75) is 37.5 Å². The molecule has 2 fully saturated rings. The molecule has 4 rings (SSSR count). The van der Waals surface area contributed by atoms with Gasteiger partial charge in [0.1, 0.15) is 0 Å². The van der Waals surface area contributed by atoms with Crippen LogP contribution in [0.15, 0.2) is 41.6 Å². The van der Waals surface area contributed by atoms with E-state index < -0.39 is 10.1 Å². The molecule has 0 bridgehead atoms. The summed E-state index contributed by atoms with van der Waals surface area (Å²) >= 11 is 5.86. The van der Waals surface area contributed by atoms with Gasteiger partial charge >= 0.3 is 0 Å². The molecule has 8 heteroatoms. The molecule has 0 N–H and O–H groups in total. The predicted octanol–water partition coefficient (Wildman–Crippen LogP) is 4.09. The third-order valence-corrected chi connectivity index (χ3v) is 7.57. The summed E-state index contributed by atoms with van der Waals surface area (Å²) < 4.78 is 29.8. The Morgan fingerprint density at radius 2 is 1.79 bits per heavy atom. The number of benzene rings is 1. The van der Waals surface area contributed by atoms with Crippen molar-refractivity contribution in [3.05, 3.63) is 47.2 Å². The van der Waals surface area contributed by atoms with E-state index in [1.807, 2.05) is 6.92 Å². The van der Waals surface area contributed by atoms with Gasteiger partial charge in [0.15, 0.2) is 0 Å². The van der Waals surface area contributed by atoms with Gasteiger partial charge in [-0.3, -0.25) is 4.18 Å². The maximum atomic E-state index is 12.3. The summed E-state index contributed by atoms with van der Waals surface area (Å²) in [5.74, 6) is 2.70. The minimum absolute atomic E-state index is 0.229. The molecule has 1 saturated carbocycles. The first-order chi connectivity index (χ1) is 13.9. The lowest BCUT2D eigenvalue weighted by molar-refractivity contribution is 0.287. The molecule has 1 saturated heterocycles. The van der Waals surface area contributed by atoms with E-state index in [2.05, 4.69) is 14.9 Å². The highest BCUT2D eigenvalue weighted by Gasteiger charge is 2.43. The Morgan fingerprint density at radius 1 is 1.14 bits per heavy atom. The Labute approximate surface area is 177 Å². The topological polar surface area (TPSA) is 72.4 Å². The fourth-order valence-electron chi connectivity index (χ4n) is 4.26. The van der Waals surface area contributed by atoms with Crippen LogP contribution < -0.4 is 4.90 Å². The first-order valence-corrected chi connectivity index (χ1v) is 11.9. The Kier molecular flexibility index (Phi) is 6.08. The van der Waals surface area contributed by atoms with Gasteiger partial charge in [0.25, 0.3) is 10.1 Å². The second-order valence-corrected chi connectivity index (χ2v) is 10.1. The maximum Gasteiger partial charge on any atom is 0.296 e. The molecule has 0 unspecified atom stereocenters. The fraction of sp³-hybridized carbons (Fsp3) is 0.524. The Hall–Kier alpha value is -1.70. The second kappa shape index (κ2) is 8.58. The van der Waals surface area contributed by atoms with Crippen molar-refractivity contribution >= 4 is 27.7 Å². The Morgan fingerprint density at radius 3 is 2.45 bits per heavy atom. The summed E-state index contributed by atoms with van der Waals surface area (Å²) in [7, 11) is -3.66. The van der Waals surface area contributed by atoms with Crippen LogP contribution in [0, 0.1) is 24.7 Å². The average molecular weight is 436 g/mol. The molecule has 1 aliphatic carbocycles. The molecular formula is C21H26ClN3O3S. The molecule has 0 radical (unpaired) electrons. The lowest BCUT2D eigenvalue weighted by atomic mass is 9.90. The Bertz CT molecular complexity index is 927. The molecule has 2 atom stereocenters. The number of aromatic nitrogens is 2. The minimum atomic E-state index is -3.66. The molecule has 6 nitrogen and oxygen atoms in total. The smallest absolute Gasteiger partial charge is 0.296 e. The number of hydrogen-bond acceptors (Lipinski definition) is 6. The number of rotatable bonds is 7. The van der Waals surface area contributed by atoms with E-state index in [4.69, 9.17) is 15.8 Å². The highest BCUT2D eigenvalue weighted by Crippen LogP contribution is 2.50. The zero-order valence-electron chi connectivity index (χ0n) is 16.5. The van der Waals surface area contributed by atoms with Gasteiger partial charge in [-0.15, -0.1) is 0 Å². The lowest BCUT2D eigenvalue weighted by Gasteiger charge is -2.32. The fourth-order valence-corrected chi connectivity index (χ4v) is 5.28. The van der Waals surface area contributed by atoms with Gasteiger partial charge in [-0.05, 0) is 62.5 Å². The average Bonchev–Trinajstić information content (AvgIpc) is 3.48. The van der Waals surface area contributed by atoms with Gasteiger partial charge in [0.2, 0.25) is 5.95 Å². The number of hydrogen-bond donors (Lipinski definition) is 0. The van der Waals surface area contributed by atoms with Crippen molar-refractivity contribution in [1.29, 1.82) is 0 Å². The summed E-state index contributed by atoms with van der Waals surface area (Å²) in [5.41, 5.74) is 1.03. The van der Waals surface area contributed by atoms with E-state index in [0.29, 0.717) is 22.8 Å². The molecular weight excluding hydrogens is 410 g/mol. The van der Waals surface area contributed by atoms with E-state index >= 15 is 0 Å². The molecule has 0 amide bonds. The lowest BCUT2D eigenvalue weighted by Crippen LogP contribution is -2.35. The molecule has 2 aromatic rings. The van der Waals surface area contributed by atoms with Gasteiger partial charge in [0, 0.05) is 13.1 Å². The molecule has 1 aromatic carbocycles. The van der Waals surface area contributed by atoms with Crippen LogP contribution in [-0.2, 0) is 14.3 Å². The van der Waals surface area contributed by atoms with Crippen molar-refractivity contribution in [1.82, 2.24) is 9.97 Å². The first kappa shape index (κ1) is 20.6. The minimum Gasteiger partial charge on any atom is -0.341 e. The summed E-state index contributed by atoms with van der Waals surface area (Å²) in [6, 6.07) is 6.77. The number of aryl methyl sites for hydroxylation is 1. The second-order valence-electron chi connectivity index (χ2n) is 8.06. The molecule has 156 valence electrons. The van der Waals surface area contributed by atoms with E-state index in [-0.39, 0.29) is 11.5 Å². The Balaban J connectivity index is 1.20. The molecule has 29 heavy (non-hydrogen) atoms. The zero-order chi connectivity index (χ0) is 20.4. The summed E-state index contributed by atoms with van der Waals surface area (Å²) in [6.07, 6.45) is 7.49. The predicted molar refractivity (Wildman–Crippen MR) is 113 cm³/mol. The number of anilines is 1. The van der Waals surface area contributed by atoms with Crippen LogP contribution in [0.5, 0.6) is 0 Å². The van der Waals surface area contributed by atoms with Crippen molar-refractivity contribution < 1.29 is 12.6 Å². The van der Waals surface area contributed by atoms with Crippen molar-refractivity contribution in [3.63, 3.8) is 0 Å². The standard InChI is InChI=1S/C21H26ClN3O3S/c1-15-2-4-19(5-3-15)29(26,27)28-11-8-17-12-20(17)16-6-9-25(10-7-16)21-23-13-18(22)14-24-21/h2-5,13-14,16-17,20H,6-12H2,1H3/t17-,20+/m1/s1. The molecule has 0 spiro atoms. The first-order valence-electron chi connectivity index (χ1n) is 10.1. The normalized spacial score (nSPS) is 22.6. The maximum absolute atomic E-state index is 12.3. The van der Waals surface area contributed by atoms with Crippen molar-refractivity contribution in [3.8, 4) is 0 Å². The number of halogens is 1. The van der Waals surface area contributed by atoms with E-state index in [1.54, 1.807) is 36.7 Å². The summed E-state index contributed by atoms with van der Waals surface area (Å²) in [4.78, 5) is 11.0. The number of nitrogens with zero attached hydrogens (tertiary/aromatic N) is 3. The monoisotopic (exact) mass is 435 g/mol. The van der Waals surface area contributed by atoms with Gasteiger partial charge in [0.05, 0.1) is 28.9 Å². The largest absolute Gasteiger partial charge is 0.341 e. The van der Waals surface area contributed by atoms with Gasteiger partial charge in [-0.2, -0.15) is 8.42 Å². The highest BCUT2D eigenvalue weighted by atomic mass is 35.5. The van der Waals surface area contributed by atoms with Crippen molar-refractivity contribution in [2.75, 3.05) is 24.6 Å². The molecule has 2 aliphatic rings. The zero-order valence-corrected chi connectivity index (χ0v) is 18.1. The van der Waals surface area contributed by atoms with Crippen LogP contribution in [0.2, 0.25) is 5.02 Å². The van der Waals surface area contributed by atoms with Crippen LogP contribution >= 0.6 is 11.6 Å². The molecule has 1 aromatic heterocycles. The molecule has 2 heterocycles. The molecule has 1 aliphatic heterocycles.